The highest BCUT2D eigenvalue weighted by Gasteiger charge is 2.11. The van der Waals surface area contributed by atoms with Gasteiger partial charge in [0.25, 0.3) is 5.91 Å². The number of carbonyl (C=O) groups is 1. The highest BCUT2D eigenvalue weighted by atomic mass is 16.5. The molecular formula is C19H15N5O2. The molecule has 0 unspecified atom stereocenters. The maximum absolute atomic E-state index is 12.1. The summed E-state index contributed by atoms with van der Waals surface area (Å²) in [4.78, 5) is 16.4. The van der Waals surface area contributed by atoms with Crippen LogP contribution in [-0.2, 0) is 6.54 Å². The molecule has 0 spiro atoms. The molecular weight excluding hydrogens is 330 g/mol. The maximum atomic E-state index is 12.1. The zero-order chi connectivity index (χ0) is 17.8. The largest absolute Gasteiger partial charge is 0.343 e. The Morgan fingerprint density at radius 1 is 1.04 bits per heavy atom. The van der Waals surface area contributed by atoms with Crippen molar-refractivity contribution >= 4 is 5.91 Å². The topological polar surface area (TPSA) is 96.7 Å². The van der Waals surface area contributed by atoms with E-state index >= 15 is 0 Å². The molecule has 0 bridgehead atoms. The van der Waals surface area contributed by atoms with E-state index in [-0.39, 0.29) is 12.5 Å². The third kappa shape index (κ3) is 3.36. The second-order valence-corrected chi connectivity index (χ2v) is 5.61. The van der Waals surface area contributed by atoms with Crippen LogP contribution in [0.1, 0.15) is 16.2 Å². The van der Waals surface area contributed by atoms with Crippen molar-refractivity contribution in [3.05, 3.63) is 78.3 Å². The minimum absolute atomic E-state index is 0.168. The quantitative estimate of drug-likeness (QED) is 0.579. The minimum atomic E-state index is -0.188. The molecule has 2 heterocycles. The normalized spacial score (nSPS) is 10.6. The fraction of sp³-hybridized carbons (Fsp3) is 0.0526. The highest BCUT2D eigenvalue weighted by Crippen LogP contribution is 2.23. The van der Waals surface area contributed by atoms with Crippen LogP contribution in [0, 0.1) is 0 Å². The van der Waals surface area contributed by atoms with Gasteiger partial charge in [0.2, 0.25) is 11.7 Å². The Morgan fingerprint density at radius 2 is 1.88 bits per heavy atom. The van der Waals surface area contributed by atoms with Crippen molar-refractivity contribution in [2.75, 3.05) is 0 Å². The number of H-pyrrole nitrogens is 1. The Labute approximate surface area is 149 Å². The Morgan fingerprint density at radius 3 is 2.69 bits per heavy atom. The molecule has 0 saturated carbocycles. The van der Waals surface area contributed by atoms with Crippen LogP contribution in [0.4, 0.5) is 0 Å². The monoisotopic (exact) mass is 345 g/mol. The molecule has 0 saturated heterocycles. The summed E-state index contributed by atoms with van der Waals surface area (Å²) in [5.41, 5.74) is 3.29. The number of amides is 1. The number of hydrogen-bond acceptors (Lipinski definition) is 5. The zero-order valence-corrected chi connectivity index (χ0v) is 13.7. The summed E-state index contributed by atoms with van der Waals surface area (Å²) >= 11 is 0. The molecule has 0 radical (unpaired) electrons. The van der Waals surface area contributed by atoms with Gasteiger partial charge in [0.1, 0.15) is 0 Å². The highest BCUT2D eigenvalue weighted by molar-refractivity contribution is 5.93. The number of benzene rings is 2. The summed E-state index contributed by atoms with van der Waals surface area (Å²) in [6.45, 7) is 0.168. The molecule has 2 aromatic carbocycles. The Balaban J connectivity index is 1.47. The Hall–Kier alpha value is -3.74. The second-order valence-electron chi connectivity index (χ2n) is 5.61. The van der Waals surface area contributed by atoms with Gasteiger partial charge >= 0.3 is 0 Å². The first kappa shape index (κ1) is 15.8. The lowest BCUT2D eigenvalue weighted by molar-refractivity contribution is 0.0946. The fourth-order valence-electron chi connectivity index (χ4n) is 2.53. The maximum Gasteiger partial charge on any atom is 0.251 e. The van der Waals surface area contributed by atoms with E-state index in [2.05, 4.69) is 25.7 Å². The number of aromatic nitrogens is 4. The number of aromatic amines is 1. The Kier molecular flexibility index (Phi) is 4.26. The van der Waals surface area contributed by atoms with Crippen molar-refractivity contribution < 1.29 is 9.32 Å². The summed E-state index contributed by atoms with van der Waals surface area (Å²) in [6.07, 6.45) is 1.70. The van der Waals surface area contributed by atoms with Crippen LogP contribution >= 0.6 is 0 Å². The molecule has 128 valence electrons. The molecule has 0 atom stereocenters. The molecule has 4 rings (SSSR count). The first-order valence-corrected chi connectivity index (χ1v) is 8.05. The van der Waals surface area contributed by atoms with Gasteiger partial charge in [-0.15, -0.1) is 0 Å². The van der Waals surface area contributed by atoms with Crippen LogP contribution in [0.25, 0.3) is 22.6 Å². The van der Waals surface area contributed by atoms with Crippen LogP contribution < -0.4 is 5.32 Å². The van der Waals surface area contributed by atoms with Gasteiger partial charge in [0.05, 0.1) is 12.2 Å². The first-order chi connectivity index (χ1) is 12.8. The zero-order valence-electron chi connectivity index (χ0n) is 13.7. The second kappa shape index (κ2) is 7.02. The number of nitrogens with zero attached hydrogens (tertiary/aromatic N) is 3. The van der Waals surface area contributed by atoms with Crippen LogP contribution in [-0.4, -0.2) is 26.2 Å². The molecule has 7 heteroatoms. The van der Waals surface area contributed by atoms with Gasteiger partial charge in [0, 0.05) is 22.9 Å². The van der Waals surface area contributed by atoms with Gasteiger partial charge in [-0.3, -0.25) is 9.89 Å². The van der Waals surface area contributed by atoms with E-state index in [1.807, 2.05) is 48.5 Å². The van der Waals surface area contributed by atoms with Crippen molar-refractivity contribution in [2.45, 2.75) is 6.54 Å². The van der Waals surface area contributed by atoms with Gasteiger partial charge in [0.15, 0.2) is 0 Å². The van der Waals surface area contributed by atoms with Crippen LogP contribution in [0.3, 0.4) is 0 Å². The van der Waals surface area contributed by atoms with Crippen LogP contribution in [0.5, 0.6) is 0 Å². The summed E-state index contributed by atoms with van der Waals surface area (Å²) in [7, 11) is 0. The summed E-state index contributed by atoms with van der Waals surface area (Å²) < 4.78 is 5.24. The predicted octanol–water partition coefficient (Wildman–Crippen LogP) is 3.06. The molecule has 0 aliphatic carbocycles. The van der Waals surface area contributed by atoms with Crippen molar-refractivity contribution in [1.82, 2.24) is 25.7 Å². The average molecular weight is 345 g/mol. The smallest absolute Gasteiger partial charge is 0.251 e. The third-order valence-corrected chi connectivity index (χ3v) is 3.84. The summed E-state index contributed by atoms with van der Waals surface area (Å²) in [5, 5.41) is 13.6. The molecule has 0 aliphatic rings. The van der Waals surface area contributed by atoms with Gasteiger partial charge in [-0.2, -0.15) is 10.1 Å². The lowest BCUT2D eigenvalue weighted by Crippen LogP contribution is -2.22. The van der Waals surface area contributed by atoms with Crippen LogP contribution in [0.15, 0.2) is 71.4 Å². The van der Waals surface area contributed by atoms with E-state index in [1.54, 1.807) is 18.3 Å². The molecule has 7 nitrogen and oxygen atoms in total. The lowest BCUT2D eigenvalue weighted by Gasteiger charge is -2.01. The molecule has 26 heavy (non-hydrogen) atoms. The molecule has 2 aromatic heterocycles. The third-order valence-electron chi connectivity index (χ3n) is 3.84. The van der Waals surface area contributed by atoms with E-state index < -0.39 is 0 Å². The van der Waals surface area contributed by atoms with Gasteiger partial charge in [-0.05, 0) is 24.3 Å². The molecule has 0 aliphatic heterocycles. The first-order valence-electron chi connectivity index (χ1n) is 8.05. The van der Waals surface area contributed by atoms with E-state index in [9.17, 15) is 4.79 Å². The number of carbonyl (C=O) groups excluding carboxylic acids is 1. The number of hydrogen-bond donors (Lipinski definition) is 2. The fourth-order valence-corrected chi connectivity index (χ4v) is 2.53. The molecule has 4 aromatic rings. The van der Waals surface area contributed by atoms with Crippen LogP contribution in [0.2, 0.25) is 0 Å². The molecule has 2 N–H and O–H groups in total. The van der Waals surface area contributed by atoms with Gasteiger partial charge in [-0.1, -0.05) is 41.6 Å². The van der Waals surface area contributed by atoms with Crippen molar-refractivity contribution in [2.24, 2.45) is 0 Å². The minimum Gasteiger partial charge on any atom is -0.343 e. The average Bonchev–Trinajstić information content (AvgIpc) is 3.39. The van der Waals surface area contributed by atoms with E-state index in [1.165, 1.54) is 0 Å². The van der Waals surface area contributed by atoms with E-state index in [4.69, 9.17) is 4.52 Å². The Bertz CT molecular complexity index is 1010. The predicted molar refractivity (Wildman–Crippen MR) is 94.9 cm³/mol. The standard InChI is InChI=1S/C19H15N5O2/c25-19(13-5-2-1-3-6-13)20-12-17-22-18(24-26-17)15-8-4-7-14(11-15)16-9-10-21-23-16/h1-11H,12H2,(H,20,25)(H,21,23). The summed E-state index contributed by atoms with van der Waals surface area (Å²) in [6, 6.07) is 18.6. The van der Waals surface area contributed by atoms with E-state index in [0.717, 1.165) is 16.8 Å². The van der Waals surface area contributed by atoms with Gasteiger partial charge < -0.3 is 9.84 Å². The van der Waals surface area contributed by atoms with E-state index in [0.29, 0.717) is 17.3 Å². The van der Waals surface area contributed by atoms with Crippen molar-refractivity contribution in [3.63, 3.8) is 0 Å². The lowest BCUT2D eigenvalue weighted by atomic mass is 10.1. The number of nitrogens with one attached hydrogen (secondary N) is 2. The molecule has 0 fully saturated rings. The van der Waals surface area contributed by atoms with Crippen molar-refractivity contribution in [3.8, 4) is 22.6 Å². The van der Waals surface area contributed by atoms with Crippen molar-refractivity contribution in [1.29, 1.82) is 0 Å². The van der Waals surface area contributed by atoms with Gasteiger partial charge in [-0.25, -0.2) is 0 Å². The summed E-state index contributed by atoms with van der Waals surface area (Å²) in [5.74, 6) is 0.623. The SMILES string of the molecule is O=C(NCc1nc(-c2cccc(-c3ccn[nH]3)c2)no1)c1ccccc1. The molecule has 1 amide bonds. The number of rotatable bonds is 5.